The van der Waals surface area contributed by atoms with E-state index >= 15 is 0 Å². The number of aromatic nitrogens is 2. The monoisotopic (exact) mass is 366 g/mol. The van der Waals surface area contributed by atoms with E-state index in [1.54, 1.807) is 18.6 Å². The van der Waals surface area contributed by atoms with Crippen molar-refractivity contribution in [2.75, 3.05) is 14.2 Å². The second-order valence-corrected chi connectivity index (χ2v) is 7.16. The smallest absolute Gasteiger partial charge is 0.274 e. The predicted octanol–water partition coefficient (Wildman–Crippen LogP) is 3.09. The molecular weight excluding hydrogens is 348 g/mol. The molecule has 6 heteroatoms. The van der Waals surface area contributed by atoms with Crippen molar-refractivity contribution in [1.82, 2.24) is 9.38 Å². The lowest BCUT2D eigenvalue weighted by Crippen LogP contribution is -2.22. The fourth-order valence-electron chi connectivity index (χ4n) is 3.09. The fourth-order valence-corrected chi connectivity index (χ4v) is 4.06. The van der Waals surface area contributed by atoms with Gasteiger partial charge in [-0.3, -0.25) is 4.79 Å². The molecule has 0 aliphatic heterocycles. The van der Waals surface area contributed by atoms with Gasteiger partial charge in [0.15, 0.2) is 16.5 Å². The van der Waals surface area contributed by atoms with E-state index in [-0.39, 0.29) is 5.56 Å². The highest BCUT2D eigenvalue weighted by Gasteiger charge is 2.13. The van der Waals surface area contributed by atoms with Gasteiger partial charge in [0.1, 0.15) is 0 Å². The number of thiazole rings is 1. The molecule has 0 aliphatic carbocycles. The summed E-state index contributed by atoms with van der Waals surface area (Å²) < 4.78 is 13.1. The molecule has 2 aromatic heterocycles. The summed E-state index contributed by atoms with van der Waals surface area (Å²) in [5.74, 6) is 1.24. The standard InChI is InChI=1S/C20H18N2O3S/c1-11-8-14-15(9-12(11)2)22-19(23)17(26-20(22)21-14)10-13-6-5-7-16(24-3)18(13)25-4/h5-10H,1-4H3/b17-10+. The third-order valence-corrected chi connectivity index (χ3v) is 5.54. The molecule has 0 aliphatic rings. The zero-order chi connectivity index (χ0) is 18.4. The van der Waals surface area contributed by atoms with E-state index in [9.17, 15) is 4.79 Å². The summed E-state index contributed by atoms with van der Waals surface area (Å²) in [7, 11) is 3.18. The minimum absolute atomic E-state index is 0.0689. The van der Waals surface area contributed by atoms with Crippen molar-refractivity contribution in [1.29, 1.82) is 0 Å². The van der Waals surface area contributed by atoms with Gasteiger partial charge in [0.2, 0.25) is 0 Å². The van der Waals surface area contributed by atoms with Crippen LogP contribution in [0.3, 0.4) is 0 Å². The summed E-state index contributed by atoms with van der Waals surface area (Å²) in [6, 6.07) is 9.65. The van der Waals surface area contributed by atoms with Gasteiger partial charge in [-0.1, -0.05) is 23.5 Å². The quantitative estimate of drug-likeness (QED) is 0.559. The van der Waals surface area contributed by atoms with Gasteiger partial charge in [-0.2, -0.15) is 0 Å². The summed E-state index contributed by atoms with van der Waals surface area (Å²) in [5.41, 5.74) is 4.74. The Bertz CT molecular complexity index is 1250. The van der Waals surface area contributed by atoms with Crippen LogP contribution < -0.4 is 19.6 Å². The number of ether oxygens (including phenoxy) is 2. The Kier molecular flexibility index (Phi) is 3.92. The van der Waals surface area contributed by atoms with Gasteiger partial charge < -0.3 is 9.47 Å². The molecule has 0 amide bonds. The van der Waals surface area contributed by atoms with Crippen molar-refractivity contribution in [3.63, 3.8) is 0 Å². The van der Waals surface area contributed by atoms with Crippen LogP contribution in [0.15, 0.2) is 35.1 Å². The summed E-state index contributed by atoms with van der Waals surface area (Å²) in [5, 5.41) is 0. The number of para-hydroxylation sites is 1. The third kappa shape index (κ3) is 2.45. The van der Waals surface area contributed by atoms with Crippen molar-refractivity contribution in [3.05, 3.63) is 61.9 Å². The lowest BCUT2D eigenvalue weighted by Gasteiger charge is -2.09. The van der Waals surface area contributed by atoms with Crippen LogP contribution in [0.5, 0.6) is 11.5 Å². The van der Waals surface area contributed by atoms with E-state index in [1.165, 1.54) is 16.9 Å². The molecule has 0 N–H and O–H groups in total. The number of fused-ring (bicyclic) bond motifs is 3. The van der Waals surface area contributed by atoms with Crippen LogP contribution in [0.1, 0.15) is 16.7 Å². The van der Waals surface area contributed by atoms with Crippen molar-refractivity contribution in [3.8, 4) is 11.5 Å². The van der Waals surface area contributed by atoms with Crippen molar-refractivity contribution < 1.29 is 9.47 Å². The minimum atomic E-state index is -0.0689. The molecule has 26 heavy (non-hydrogen) atoms. The highest BCUT2D eigenvalue weighted by molar-refractivity contribution is 7.15. The first-order valence-electron chi connectivity index (χ1n) is 8.18. The van der Waals surface area contributed by atoms with Crippen LogP contribution >= 0.6 is 11.3 Å². The number of rotatable bonds is 3. The van der Waals surface area contributed by atoms with E-state index in [2.05, 4.69) is 11.9 Å². The number of methoxy groups -OCH3 is 2. The second kappa shape index (κ2) is 6.14. The zero-order valence-corrected chi connectivity index (χ0v) is 15.8. The normalized spacial score (nSPS) is 12.2. The molecule has 2 aromatic carbocycles. The molecule has 0 saturated carbocycles. The number of nitrogens with zero attached hydrogens (tertiary/aromatic N) is 2. The molecule has 0 spiro atoms. The van der Waals surface area contributed by atoms with Crippen LogP contribution in [0.4, 0.5) is 0 Å². The molecular formula is C20H18N2O3S. The Morgan fingerprint density at radius 2 is 1.88 bits per heavy atom. The average Bonchev–Trinajstić information content (AvgIpc) is 3.11. The largest absolute Gasteiger partial charge is 0.493 e. The Morgan fingerprint density at radius 1 is 1.12 bits per heavy atom. The van der Waals surface area contributed by atoms with Gasteiger partial charge in [-0.25, -0.2) is 9.38 Å². The number of hydrogen-bond donors (Lipinski definition) is 0. The maximum absolute atomic E-state index is 13.0. The van der Waals surface area contributed by atoms with Gasteiger partial charge in [0.25, 0.3) is 5.56 Å². The van der Waals surface area contributed by atoms with E-state index in [4.69, 9.17) is 9.47 Å². The van der Waals surface area contributed by atoms with Crippen LogP contribution in [0, 0.1) is 13.8 Å². The summed E-state index contributed by atoms with van der Waals surface area (Å²) in [4.78, 5) is 18.3. The van der Waals surface area contributed by atoms with Crippen LogP contribution in [-0.2, 0) is 0 Å². The predicted molar refractivity (Wildman–Crippen MR) is 105 cm³/mol. The maximum atomic E-state index is 13.0. The first-order chi connectivity index (χ1) is 12.5. The summed E-state index contributed by atoms with van der Waals surface area (Å²) in [6.45, 7) is 4.09. The zero-order valence-electron chi connectivity index (χ0n) is 15.0. The van der Waals surface area contributed by atoms with Gasteiger partial charge in [0, 0.05) is 5.56 Å². The van der Waals surface area contributed by atoms with Crippen molar-refractivity contribution in [2.45, 2.75) is 13.8 Å². The SMILES string of the molecule is COc1cccc(/C=c2/sc3nc4cc(C)c(C)cc4n3c2=O)c1OC. The van der Waals surface area contributed by atoms with Crippen molar-refractivity contribution >= 4 is 33.4 Å². The lowest BCUT2D eigenvalue weighted by atomic mass is 10.1. The van der Waals surface area contributed by atoms with Gasteiger partial charge in [-0.15, -0.1) is 0 Å². The average molecular weight is 366 g/mol. The second-order valence-electron chi connectivity index (χ2n) is 6.15. The molecule has 0 bridgehead atoms. The Balaban J connectivity index is 1.99. The number of aryl methyl sites for hydroxylation is 2. The fraction of sp³-hybridized carbons (Fsp3) is 0.200. The molecule has 0 atom stereocenters. The first-order valence-corrected chi connectivity index (χ1v) is 9.00. The molecule has 0 unspecified atom stereocenters. The number of imidazole rings is 1. The van der Waals surface area contributed by atoms with Crippen LogP contribution in [0.2, 0.25) is 0 Å². The molecule has 132 valence electrons. The van der Waals surface area contributed by atoms with E-state index in [0.717, 1.165) is 22.2 Å². The highest BCUT2D eigenvalue weighted by Crippen LogP contribution is 2.31. The van der Waals surface area contributed by atoms with Crippen LogP contribution in [0.25, 0.3) is 22.1 Å². The van der Waals surface area contributed by atoms with E-state index in [1.807, 2.05) is 43.3 Å². The maximum Gasteiger partial charge on any atom is 0.274 e. The van der Waals surface area contributed by atoms with Crippen molar-refractivity contribution in [2.24, 2.45) is 0 Å². The lowest BCUT2D eigenvalue weighted by molar-refractivity contribution is 0.354. The number of hydrogen-bond acceptors (Lipinski definition) is 5. The molecule has 5 nitrogen and oxygen atoms in total. The van der Waals surface area contributed by atoms with Crippen LogP contribution in [-0.4, -0.2) is 23.6 Å². The van der Waals surface area contributed by atoms with Gasteiger partial charge in [-0.05, 0) is 49.2 Å². The number of benzene rings is 2. The first kappa shape index (κ1) is 16.6. The topological polar surface area (TPSA) is 52.8 Å². The Labute approximate surface area is 154 Å². The van der Waals surface area contributed by atoms with E-state index in [0.29, 0.717) is 21.0 Å². The van der Waals surface area contributed by atoms with Gasteiger partial charge >= 0.3 is 0 Å². The van der Waals surface area contributed by atoms with E-state index < -0.39 is 0 Å². The highest BCUT2D eigenvalue weighted by atomic mass is 32.1. The molecule has 0 radical (unpaired) electrons. The summed E-state index contributed by atoms with van der Waals surface area (Å²) in [6.07, 6.45) is 1.83. The third-order valence-electron chi connectivity index (χ3n) is 4.57. The molecule has 0 fully saturated rings. The molecule has 4 rings (SSSR count). The Hall–Kier alpha value is -2.86. The minimum Gasteiger partial charge on any atom is -0.493 e. The molecule has 2 heterocycles. The van der Waals surface area contributed by atoms with Gasteiger partial charge in [0.05, 0.1) is 29.8 Å². The molecule has 4 aromatic rings. The summed E-state index contributed by atoms with van der Waals surface area (Å²) >= 11 is 1.38. The Morgan fingerprint density at radius 3 is 2.62 bits per heavy atom. The molecule has 0 saturated heterocycles.